The first-order valence-electron chi connectivity index (χ1n) is 24.7. The van der Waals surface area contributed by atoms with Gasteiger partial charge in [0.15, 0.2) is 0 Å². The SMILES string of the molecule is CC1(C)c2ccccc2-c2ccc(-c3ccc4c(c3)C(C)(C)c3cc(-c5c6ccccc6c(-c6cccc7c6-c6ccccc6C7(C)C)c6cc(-c7ccc8ccccc8c7)ccc56)ccc3-4)cc21. The highest BCUT2D eigenvalue weighted by Crippen LogP contribution is 2.57. The molecule has 0 atom stereocenters. The molecule has 328 valence electrons. The summed E-state index contributed by atoms with van der Waals surface area (Å²) in [5, 5.41) is 7.62. The zero-order valence-corrected chi connectivity index (χ0v) is 40.1. The van der Waals surface area contributed by atoms with E-state index >= 15 is 0 Å². The van der Waals surface area contributed by atoms with Crippen molar-refractivity contribution in [3.8, 4) is 77.9 Å². The summed E-state index contributed by atoms with van der Waals surface area (Å²) in [6.07, 6.45) is 0. The van der Waals surface area contributed by atoms with Crippen molar-refractivity contribution in [1.29, 1.82) is 0 Å². The Morgan fingerprint density at radius 1 is 0.217 bits per heavy atom. The van der Waals surface area contributed by atoms with Crippen molar-refractivity contribution in [2.24, 2.45) is 0 Å². The van der Waals surface area contributed by atoms with Crippen LogP contribution in [-0.2, 0) is 16.2 Å². The molecular formula is C69H52. The van der Waals surface area contributed by atoms with E-state index < -0.39 is 0 Å². The second-order valence-corrected chi connectivity index (χ2v) is 21.6. The van der Waals surface area contributed by atoms with Crippen LogP contribution >= 0.6 is 0 Å². The van der Waals surface area contributed by atoms with Gasteiger partial charge < -0.3 is 0 Å². The van der Waals surface area contributed by atoms with Crippen LogP contribution in [0.2, 0.25) is 0 Å². The minimum absolute atomic E-state index is 0.0431. The molecular weight excluding hydrogens is 829 g/mol. The molecule has 0 nitrogen and oxygen atoms in total. The molecule has 11 aromatic carbocycles. The number of fused-ring (bicyclic) bond motifs is 12. The summed E-state index contributed by atoms with van der Waals surface area (Å²) in [6, 6.07) is 78.8. The van der Waals surface area contributed by atoms with Crippen LogP contribution in [0.25, 0.3) is 110 Å². The van der Waals surface area contributed by atoms with Gasteiger partial charge in [-0.15, -0.1) is 0 Å². The molecule has 0 aromatic heterocycles. The molecule has 3 aliphatic rings. The van der Waals surface area contributed by atoms with Gasteiger partial charge in [0.2, 0.25) is 0 Å². The third-order valence-corrected chi connectivity index (χ3v) is 16.9. The Hall–Kier alpha value is -7.80. The second kappa shape index (κ2) is 14.1. The third-order valence-electron chi connectivity index (χ3n) is 16.9. The third kappa shape index (κ3) is 5.58. The molecule has 0 unspecified atom stereocenters. The van der Waals surface area contributed by atoms with Crippen LogP contribution in [0, 0.1) is 0 Å². The average molecular weight is 881 g/mol. The Kier molecular flexibility index (Phi) is 8.25. The lowest BCUT2D eigenvalue weighted by Gasteiger charge is -2.24. The quantitative estimate of drug-likeness (QED) is 0.155. The monoisotopic (exact) mass is 880 g/mol. The van der Waals surface area contributed by atoms with Crippen molar-refractivity contribution >= 4 is 32.3 Å². The molecule has 14 rings (SSSR count). The van der Waals surface area contributed by atoms with Crippen molar-refractivity contribution in [3.63, 3.8) is 0 Å². The fourth-order valence-electron chi connectivity index (χ4n) is 13.2. The summed E-state index contributed by atoms with van der Waals surface area (Å²) in [6.45, 7) is 14.4. The molecule has 3 aliphatic carbocycles. The van der Waals surface area contributed by atoms with E-state index in [0.717, 1.165) is 0 Å². The summed E-state index contributed by atoms with van der Waals surface area (Å²) < 4.78 is 0. The summed E-state index contributed by atoms with van der Waals surface area (Å²) in [5.74, 6) is 0. The minimum atomic E-state index is -0.206. The maximum Gasteiger partial charge on any atom is 0.0159 e. The fourth-order valence-corrected chi connectivity index (χ4v) is 13.2. The molecule has 69 heavy (non-hydrogen) atoms. The maximum atomic E-state index is 2.53. The fraction of sp³-hybridized carbons (Fsp3) is 0.130. The summed E-state index contributed by atoms with van der Waals surface area (Å²) in [5.41, 5.74) is 26.3. The molecule has 0 spiro atoms. The largest absolute Gasteiger partial charge is 0.0619 e. The normalized spacial score (nSPS) is 15.2. The van der Waals surface area contributed by atoms with Crippen LogP contribution in [0.5, 0.6) is 0 Å². The molecule has 0 N–H and O–H groups in total. The Labute approximate surface area is 405 Å². The van der Waals surface area contributed by atoms with Crippen LogP contribution in [0.1, 0.15) is 74.9 Å². The molecule has 0 aliphatic heterocycles. The lowest BCUT2D eigenvalue weighted by Crippen LogP contribution is -2.15. The van der Waals surface area contributed by atoms with E-state index in [-0.39, 0.29) is 16.2 Å². The Balaban J connectivity index is 0.960. The predicted molar refractivity (Wildman–Crippen MR) is 293 cm³/mol. The van der Waals surface area contributed by atoms with Crippen molar-refractivity contribution in [2.75, 3.05) is 0 Å². The van der Waals surface area contributed by atoms with E-state index in [4.69, 9.17) is 0 Å². The highest BCUT2D eigenvalue weighted by atomic mass is 14.4. The molecule has 0 fully saturated rings. The zero-order chi connectivity index (χ0) is 46.6. The van der Waals surface area contributed by atoms with Crippen LogP contribution in [0.15, 0.2) is 206 Å². The lowest BCUT2D eigenvalue weighted by molar-refractivity contribution is 0.659. The number of rotatable bonds is 4. The van der Waals surface area contributed by atoms with E-state index in [0.29, 0.717) is 0 Å². The van der Waals surface area contributed by atoms with Crippen LogP contribution < -0.4 is 0 Å². The van der Waals surface area contributed by atoms with Crippen LogP contribution in [-0.4, -0.2) is 0 Å². The Morgan fingerprint density at radius 3 is 1.33 bits per heavy atom. The molecule has 0 heteroatoms. The van der Waals surface area contributed by atoms with Crippen molar-refractivity contribution in [1.82, 2.24) is 0 Å². The Morgan fingerprint density at radius 2 is 0.638 bits per heavy atom. The minimum Gasteiger partial charge on any atom is -0.0619 e. The maximum absolute atomic E-state index is 2.53. The van der Waals surface area contributed by atoms with Gasteiger partial charge in [-0.25, -0.2) is 0 Å². The highest BCUT2D eigenvalue weighted by molar-refractivity contribution is 6.23. The molecule has 11 aromatic rings. The van der Waals surface area contributed by atoms with Gasteiger partial charge in [-0.2, -0.15) is 0 Å². The number of hydrogen-bond donors (Lipinski definition) is 0. The first-order valence-corrected chi connectivity index (χ1v) is 24.7. The lowest BCUT2D eigenvalue weighted by atomic mass is 9.79. The second-order valence-electron chi connectivity index (χ2n) is 21.6. The van der Waals surface area contributed by atoms with Crippen LogP contribution in [0.3, 0.4) is 0 Å². The van der Waals surface area contributed by atoms with Crippen LogP contribution in [0.4, 0.5) is 0 Å². The zero-order valence-electron chi connectivity index (χ0n) is 40.1. The summed E-state index contributed by atoms with van der Waals surface area (Å²) in [7, 11) is 0. The highest BCUT2D eigenvalue weighted by Gasteiger charge is 2.39. The van der Waals surface area contributed by atoms with E-state index in [9.17, 15) is 0 Å². The van der Waals surface area contributed by atoms with Gasteiger partial charge >= 0.3 is 0 Å². The Bertz CT molecular complexity index is 4040. The van der Waals surface area contributed by atoms with Gasteiger partial charge in [0, 0.05) is 16.2 Å². The van der Waals surface area contributed by atoms with Gasteiger partial charge in [0.25, 0.3) is 0 Å². The van der Waals surface area contributed by atoms with Crippen molar-refractivity contribution in [2.45, 2.75) is 57.8 Å². The van der Waals surface area contributed by atoms with Gasteiger partial charge in [0.05, 0.1) is 0 Å². The molecule has 0 heterocycles. The topological polar surface area (TPSA) is 0 Å². The van der Waals surface area contributed by atoms with Crippen molar-refractivity contribution < 1.29 is 0 Å². The standard InChI is InChI=1S/C69H52/c1-67(2)59-24-14-12-21-55(59)66-56(22-15-25-60(66)67)65-53-20-10-9-19-52(53)64(54-35-30-44(37-57(54)65)43-27-26-41-16-7-8-17-42(41)36-43)47-31-34-51-50-33-29-46(39-62(50)69(5,6)63(51)40-47)45-28-32-49-48-18-11-13-23-58(48)68(3,4)61(49)38-45/h7-40H,1-6H3. The molecule has 0 saturated carbocycles. The van der Waals surface area contributed by atoms with E-state index in [1.54, 1.807) is 0 Å². The van der Waals surface area contributed by atoms with Gasteiger partial charge in [0.1, 0.15) is 0 Å². The summed E-state index contributed by atoms with van der Waals surface area (Å²) >= 11 is 0. The number of hydrogen-bond acceptors (Lipinski definition) is 0. The first kappa shape index (κ1) is 40.3. The number of benzene rings is 11. The van der Waals surface area contributed by atoms with Gasteiger partial charge in [-0.1, -0.05) is 217 Å². The molecule has 0 radical (unpaired) electrons. The van der Waals surface area contributed by atoms with E-state index in [2.05, 4.69) is 248 Å². The van der Waals surface area contributed by atoms with Gasteiger partial charge in [-0.3, -0.25) is 0 Å². The first-order chi connectivity index (χ1) is 33.5. The predicted octanol–water partition coefficient (Wildman–Crippen LogP) is 18.7. The smallest absolute Gasteiger partial charge is 0.0159 e. The molecule has 0 saturated heterocycles. The van der Waals surface area contributed by atoms with E-state index in [1.165, 1.54) is 144 Å². The average Bonchev–Trinajstić information content (AvgIpc) is 3.86. The van der Waals surface area contributed by atoms with Crippen molar-refractivity contribution in [3.05, 3.63) is 240 Å². The van der Waals surface area contributed by atoms with E-state index in [1.807, 2.05) is 0 Å². The van der Waals surface area contributed by atoms with Gasteiger partial charge in [-0.05, 0) is 174 Å². The molecule has 0 amide bonds. The molecule has 0 bridgehead atoms. The summed E-state index contributed by atoms with van der Waals surface area (Å²) in [4.78, 5) is 0.